The summed E-state index contributed by atoms with van der Waals surface area (Å²) in [6.07, 6.45) is -5.02. The van der Waals surface area contributed by atoms with E-state index >= 15 is 0 Å². The van der Waals surface area contributed by atoms with Gasteiger partial charge in [-0.2, -0.15) is 13.2 Å². The summed E-state index contributed by atoms with van der Waals surface area (Å²) in [7, 11) is 0. The molecule has 2 aromatic heterocycles. The molecule has 1 aliphatic rings. The van der Waals surface area contributed by atoms with Crippen LogP contribution in [0.3, 0.4) is 0 Å². The number of nitrogens with zero attached hydrogens (tertiary/aromatic N) is 3. The zero-order chi connectivity index (χ0) is 20.7. The summed E-state index contributed by atoms with van der Waals surface area (Å²) in [5.41, 5.74) is 3.94. The Bertz CT molecular complexity index is 853. The lowest BCUT2D eigenvalue weighted by Crippen LogP contribution is -2.25. The summed E-state index contributed by atoms with van der Waals surface area (Å²) in [6, 6.07) is 0.665. The lowest BCUT2D eigenvalue weighted by atomic mass is 9.97. The second kappa shape index (κ2) is 7.17. The standard InChI is InChI=1S/C17H19F5N4O2/c1-8-5-3-4-6-16(18,19)9(2)13-25-26-15(28-13)12-11(23)7-10(17(20,21)22)14(24-12)27-8/h7-9H,3-6,23H2,1-2H3/t8-,9?/m1/s1. The summed E-state index contributed by atoms with van der Waals surface area (Å²) < 4.78 is 79.5. The molecule has 2 aromatic rings. The Hall–Kier alpha value is -2.46. The summed E-state index contributed by atoms with van der Waals surface area (Å²) in [6.45, 7) is 2.80. The molecule has 0 saturated carbocycles. The topological polar surface area (TPSA) is 87.1 Å². The van der Waals surface area contributed by atoms with E-state index in [0.29, 0.717) is 18.9 Å². The van der Waals surface area contributed by atoms with E-state index in [-0.39, 0.29) is 29.6 Å². The highest BCUT2D eigenvalue weighted by Gasteiger charge is 2.41. The Balaban J connectivity index is 2.13. The van der Waals surface area contributed by atoms with Crippen LogP contribution in [0.5, 0.6) is 5.88 Å². The number of ether oxygens (including phenoxy) is 1. The van der Waals surface area contributed by atoms with Crippen LogP contribution >= 0.6 is 0 Å². The number of rotatable bonds is 0. The number of alkyl halides is 5. The molecule has 3 rings (SSSR count). The molecule has 6 nitrogen and oxygen atoms in total. The maximum Gasteiger partial charge on any atom is 0.421 e. The molecule has 0 amide bonds. The van der Waals surface area contributed by atoms with E-state index in [1.807, 2.05) is 0 Å². The van der Waals surface area contributed by atoms with Crippen molar-refractivity contribution >= 4 is 5.69 Å². The lowest BCUT2D eigenvalue weighted by molar-refractivity contribution is -0.139. The third-order valence-electron chi connectivity index (χ3n) is 4.65. The normalized spacial score (nSPS) is 23.0. The first-order valence-electron chi connectivity index (χ1n) is 8.75. The first-order chi connectivity index (χ1) is 13.0. The molecular weight excluding hydrogens is 387 g/mol. The SMILES string of the molecule is CC1c2nnc(o2)-c2nc(c(C(F)(F)F)cc2N)O[C@H](C)CCCCC1(F)F. The number of halogens is 5. The monoisotopic (exact) mass is 406 g/mol. The molecular formula is C17H19F5N4O2. The lowest BCUT2D eigenvalue weighted by Gasteiger charge is -2.22. The second-order valence-corrected chi connectivity index (χ2v) is 6.88. The molecule has 2 N–H and O–H groups in total. The van der Waals surface area contributed by atoms with E-state index in [9.17, 15) is 22.0 Å². The van der Waals surface area contributed by atoms with E-state index < -0.39 is 42.0 Å². The van der Waals surface area contributed by atoms with Crippen molar-refractivity contribution < 1.29 is 31.1 Å². The highest BCUT2D eigenvalue weighted by Crippen LogP contribution is 2.41. The average Bonchev–Trinajstić information content (AvgIpc) is 3.07. The van der Waals surface area contributed by atoms with Crippen molar-refractivity contribution in [3.8, 4) is 17.5 Å². The van der Waals surface area contributed by atoms with Crippen LogP contribution in [0.15, 0.2) is 10.5 Å². The Morgan fingerprint density at radius 2 is 1.89 bits per heavy atom. The van der Waals surface area contributed by atoms with Gasteiger partial charge in [0.2, 0.25) is 11.8 Å². The summed E-state index contributed by atoms with van der Waals surface area (Å²) in [5.74, 6) is -5.80. The van der Waals surface area contributed by atoms with Crippen molar-refractivity contribution in [2.75, 3.05) is 5.73 Å². The molecule has 0 saturated heterocycles. The van der Waals surface area contributed by atoms with Gasteiger partial charge in [-0.05, 0) is 39.2 Å². The minimum atomic E-state index is -4.74. The minimum absolute atomic E-state index is 0.165. The number of nitrogen functional groups attached to an aromatic ring is 1. The quantitative estimate of drug-likeness (QED) is 0.632. The highest BCUT2D eigenvalue weighted by atomic mass is 19.4. The Labute approximate surface area is 157 Å². The van der Waals surface area contributed by atoms with Crippen molar-refractivity contribution in [3.05, 3.63) is 17.5 Å². The van der Waals surface area contributed by atoms with Gasteiger partial charge in [-0.3, -0.25) is 0 Å². The van der Waals surface area contributed by atoms with Crippen LogP contribution in [0.4, 0.5) is 27.6 Å². The van der Waals surface area contributed by atoms with Crippen LogP contribution in [0.1, 0.15) is 56.9 Å². The summed E-state index contributed by atoms with van der Waals surface area (Å²) >= 11 is 0. The van der Waals surface area contributed by atoms with Crippen molar-refractivity contribution in [2.45, 2.75) is 63.7 Å². The average molecular weight is 406 g/mol. The van der Waals surface area contributed by atoms with Crippen molar-refractivity contribution in [1.82, 2.24) is 15.2 Å². The predicted octanol–water partition coefficient (Wildman–Crippen LogP) is 4.81. The fourth-order valence-electron chi connectivity index (χ4n) is 2.92. The Morgan fingerprint density at radius 3 is 2.57 bits per heavy atom. The minimum Gasteiger partial charge on any atom is -0.474 e. The van der Waals surface area contributed by atoms with Gasteiger partial charge < -0.3 is 14.9 Å². The largest absolute Gasteiger partial charge is 0.474 e. The van der Waals surface area contributed by atoms with Gasteiger partial charge in [-0.15, -0.1) is 10.2 Å². The number of nitrogens with two attached hydrogens (primary N) is 1. The molecule has 0 fully saturated rings. The number of hydrogen-bond acceptors (Lipinski definition) is 6. The second-order valence-electron chi connectivity index (χ2n) is 6.88. The molecule has 1 aliphatic heterocycles. The number of aromatic nitrogens is 3. The number of pyridine rings is 1. The van der Waals surface area contributed by atoms with Gasteiger partial charge in [0.1, 0.15) is 5.56 Å². The maximum atomic E-state index is 14.4. The zero-order valence-electron chi connectivity index (χ0n) is 15.2. The van der Waals surface area contributed by atoms with Crippen molar-refractivity contribution in [3.63, 3.8) is 0 Å². The van der Waals surface area contributed by atoms with Crippen molar-refractivity contribution in [1.29, 1.82) is 0 Å². The third-order valence-corrected chi connectivity index (χ3v) is 4.65. The molecule has 0 spiro atoms. The van der Waals surface area contributed by atoms with Gasteiger partial charge in [-0.25, -0.2) is 13.8 Å². The maximum absolute atomic E-state index is 14.4. The van der Waals surface area contributed by atoms with Gasteiger partial charge in [0.25, 0.3) is 11.8 Å². The van der Waals surface area contributed by atoms with Gasteiger partial charge in [-0.1, -0.05) is 0 Å². The van der Waals surface area contributed by atoms with E-state index in [1.165, 1.54) is 6.92 Å². The van der Waals surface area contributed by atoms with Crippen LogP contribution < -0.4 is 10.5 Å². The molecule has 2 atom stereocenters. The first kappa shape index (κ1) is 20.3. The fraction of sp³-hybridized carbons (Fsp3) is 0.588. The van der Waals surface area contributed by atoms with E-state index in [4.69, 9.17) is 14.9 Å². The van der Waals surface area contributed by atoms with Crippen LogP contribution in [0.25, 0.3) is 11.6 Å². The van der Waals surface area contributed by atoms with Crippen LogP contribution in [0, 0.1) is 0 Å². The zero-order valence-corrected chi connectivity index (χ0v) is 15.2. The molecule has 0 aliphatic carbocycles. The van der Waals surface area contributed by atoms with Gasteiger partial charge in [0.05, 0.1) is 17.7 Å². The van der Waals surface area contributed by atoms with Gasteiger partial charge >= 0.3 is 6.18 Å². The smallest absolute Gasteiger partial charge is 0.421 e. The Morgan fingerprint density at radius 1 is 1.18 bits per heavy atom. The number of anilines is 1. The molecule has 3 heterocycles. The van der Waals surface area contributed by atoms with Crippen LogP contribution in [0.2, 0.25) is 0 Å². The predicted molar refractivity (Wildman–Crippen MR) is 88.9 cm³/mol. The van der Waals surface area contributed by atoms with Crippen molar-refractivity contribution in [2.24, 2.45) is 0 Å². The van der Waals surface area contributed by atoms with E-state index in [0.717, 1.165) is 0 Å². The third kappa shape index (κ3) is 4.02. The summed E-state index contributed by atoms with van der Waals surface area (Å²) in [5, 5.41) is 7.25. The molecule has 28 heavy (non-hydrogen) atoms. The van der Waals surface area contributed by atoms with Crippen LogP contribution in [-0.2, 0) is 6.18 Å². The molecule has 0 aromatic carbocycles. The van der Waals surface area contributed by atoms with E-state index in [1.54, 1.807) is 6.92 Å². The van der Waals surface area contributed by atoms with Gasteiger partial charge in [0, 0.05) is 6.42 Å². The number of fused-ring (bicyclic) bond motifs is 5. The number of hydrogen-bond donors (Lipinski definition) is 1. The molecule has 1 unspecified atom stereocenters. The summed E-state index contributed by atoms with van der Waals surface area (Å²) in [4.78, 5) is 3.83. The molecule has 11 heteroatoms. The van der Waals surface area contributed by atoms with E-state index in [2.05, 4.69) is 15.2 Å². The highest BCUT2D eigenvalue weighted by molar-refractivity contribution is 5.68. The Kier molecular flexibility index (Phi) is 5.20. The molecule has 4 bridgehead atoms. The fourth-order valence-corrected chi connectivity index (χ4v) is 2.92. The molecule has 0 radical (unpaired) electrons. The van der Waals surface area contributed by atoms with Crippen LogP contribution in [-0.4, -0.2) is 27.2 Å². The molecule has 154 valence electrons. The van der Waals surface area contributed by atoms with Gasteiger partial charge in [0.15, 0.2) is 5.69 Å². The first-order valence-corrected chi connectivity index (χ1v) is 8.75.